The predicted octanol–water partition coefficient (Wildman–Crippen LogP) is 3.32. The largest absolute Gasteiger partial charge is 0.331 e. The fraction of sp³-hybridized carbons (Fsp3) is 0.350. The normalized spacial score (nSPS) is 14.4. The highest BCUT2D eigenvalue weighted by Crippen LogP contribution is 2.30. The maximum atomic E-state index is 13.1. The second-order valence-electron chi connectivity index (χ2n) is 7.09. The third kappa shape index (κ3) is 4.93. The predicted molar refractivity (Wildman–Crippen MR) is 101 cm³/mol. The van der Waals surface area contributed by atoms with Gasteiger partial charge in [-0.05, 0) is 62.6 Å². The lowest BCUT2D eigenvalue weighted by molar-refractivity contribution is 0.0729. The van der Waals surface area contributed by atoms with Crippen LogP contribution in [0, 0.1) is 5.82 Å². The number of benzene rings is 2. The molecule has 2 aromatic rings. The van der Waals surface area contributed by atoms with E-state index in [1.807, 2.05) is 0 Å². The topological polar surface area (TPSA) is 66.5 Å². The molecule has 0 unspecified atom stereocenters. The quantitative estimate of drug-likeness (QED) is 0.789. The molecule has 0 radical (unpaired) electrons. The molecule has 0 aliphatic heterocycles. The Morgan fingerprint density at radius 2 is 1.85 bits per heavy atom. The van der Waals surface area contributed by atoms with Gasteiger partial charge in [-0.2, -0.15) is 0 Å². The Kier molecular flexibility index (Phi) is 5.62. The van der Waals surface area contributed by atoms with Crippen LogP contribution in [-0.4, -0.2) is 31.3 Å². The van der Waals surface area contributed by atoms with E-state index in [0.29, 0.717) is 12.1 Å². The highest BCUT2D eigenvalue weighted by molar-refractivity contribution is 7.89. The van der Waals surface area contributed by atoms with Crippen molar-refractivity contribution in [1.82, 2.24) is 9.62 Å². The van der Waals surface area contributed by atoms with Crippen LogP contribution in [-0.2, 0) is 16.6 Å². The second-order valence-corrected chi connectivity index (χ2v) is 8.81. The smallest absolute Gasteiger partial charge is 0.254 e. The average Bonchev–Trinajstić information content (AvgIpc) is 3.45. The minimum absolute atomic E-state index is 0.0691. The van der Waals surface area contributed by atoms with Crippen molar-refractivity contribution in [3.63, 3.8) is 0 Å². The maximum absolute atomic E-state index is 13.1. The molecule has 0 aromatic heterocycles. The summed E-state index contributed by atoms with van der Waals surface area (Å²) in [6.07, 6.45) is 1.83. The van der Waals surface area contributed by atoms with Gasteiger partial charge in [0.25, 0.3) is 5.91 Å². The molecule has 1 fully saturated rings. The number of hydrogen-bond donors (Lipinski definition) is 1. The highest BCUT2D eigenvalue weighted by atomic mass is 32.2. The summed E-state index contributed by atoms with van der Waals surface area (Å²) >= 11 is 0. The molecule has 3 rings (SSSR count). The fourth-order valence-electron chi connectivity index (χ4n) is 2.88. The van der Waals surface area contributed by atoms with Gasteiger partial charge in [-0.15, -0.1) is 0 Å². The Balaban J connectivity index is 1.84. The zero-order valence-electron chi connectivity index (χ0n) is 15.4. The molecule has 0 bridgehead atoms. The molecule has 1 aliphatic rings. The van der Waals surface area contributed by atoms with Crippen LogP contribution in [0.2, 0.25) is 0 Å². The van der Waals surface area contributed by atoms with Gasteiger partial charge in [0.2, 0.25) is 10.0 Å². The number of halogens is 1. The Hall–Kier alpha value is -2.25. The fourth-order valence-corrected chi connectivity index (χ4v) is 4.18. The van der Waals surface area contributed by atoms with Crippen LogP contribution in [0.4, 0.5) is 4.39 Å². The standard InChI is InChI=1S/C20H23FN2O3S/c1-14(2)22-27(25,26)19-5-3-4-16(12-19)20(24)23(18-10-11-18)13-15-6-8-17(21)9-7-15/h3-9,12,14,18,22H,10-11,13H2,1-2H3. The molecule has 0 atom stereocenters. The van der Waals surface area contributed by atoms with E-state index in [9.17, 15) is 17.6 Å². The van der Waals surface area contributed by atoms with E-state index in [2.05, 4.69) is 4.72 Å². The SMILES string of the molecule is CC(C)NS(=O)(=O)c1cccc(C(=O)N(Cc2ccc(F)cc2)C2CC2)c1. The molecule has 1 aliphatic carbocycles. The number of nitrogens with zero attached hydrogens (tertiary/aromatic N) is 1. The first-order valence-electron chi connectivity index (χ1n) is 8.94. The van der Waals surface area contributed by atoms with Crippen molar-refractivity contribution in [1.29, 1.82) is 0 Å². The van der Waals surface area contributed by atoms with Crippen molar-refractivity contribution < 1.29 is 17.6 Å². The van der Waals surface area contributed by atoms with Crippen LogP contribution in [0.3, 0.4) is 0 Å². The third-order valence-electron chi connectivity index (χ3n) is 4.30. The molecular weight excluding hydrogens is 367 g/mol. The van der Waals surface area contributed by atoms with Gasteiger partial charge < -0.3 is 4.90 Å². The van der Waals surface area contributed by atoms with Crippen LogP contribution >= 0.6 is 0 Å². The number of amides is 1. The lowest BCUT2D eigenvalue weighted by Gasteiger charge is -2.23. The number of carbonyl (C=O) groups excluding carboxylic acids is 1. The summed E-state index contributed by atoms with van der Waals surface area (Å²) in [5.74, 6) is -0.540. The summed E-state index contributed by atoms with van der Waals surface area (Å²) in [5, 5.41) is 0. The number of sulfonamides is 1. The third-order valence-corrected chi connectivity index (χ3v) is 5.95. The Bertz CT molecular complexity index is 922. The molecule has 2 aromatic carbocycles. The zero-order valence-corrected chi connectivity index (χ0v) is 16.2. The average molecular weight is 390 g/mol. The number of carbonyl (C=O) groups is 1. The van der Waals surface area contributed by atoms with Gasteiger partial charge in [0, 0.05) is 24.2 Å². The second kappa shape index (κ2) is 7.78. The molecule has 27 heavy (non-hydrogen) atoms. The van der Waals surface area contributed by atoms with Gasteiger partial charge in [0.15, 0.2) is 0 Å². The van der Waals surface area contributed by atoms with Crippen LogP contribution < -0.4 is 4.72 Å². The van der Waals surface area contributed by atoms with E-state index in [1.54, 1.807) is 43.0 Å². The van der Waals surface area contributed by atoms with E-state index >= 15 is 0 Å². The summed E-state index contributed by atoms with van der Waals surface area (Å²) in [5.41, 5.74) is 1.16. The minimum atomic E-state index is -3.67. The van der Waals surface area contributed by atoms with E-state index in [0.717, 1.165) is 18.4 Å². The molecular formula is C20H23FN2O3S. The van der Waals surface area contributed by atoms with Crippen LogP contribution in [0.5, 0.6) is 0 Å². The van der Waals surface area contributed by atoms with Crippen molar-refractivity contribution >= 4 is 15.9 Å². The maximum Gasteiger partial charge on any atom is 0.254 e. The van der Waals surface area contributed by atoms with E-state index in [-0.39, 0.29) is 28.7 Å². The molecule has 7 heteroatoms. The molecule has 0 saturated heterocycles. The van der Waals surface area contributed by atoms with E-state index < -0.39 is 10.0 Å². The van der Waals surface area contributed by atoms with Crippen LogP contribution in [0.15, 0.2) is 53.4 Å². The summed E-state index contributed by atoms with van der Waals surface area (Å²) in [6, 6.07) is 12.0. The molecule has 5 nitrogen and oxygen atoms in total. The monoisotopic (exact) mass is 390 g/mol. The van der Waals surface area contributed by atoms with E-state index in [4.69, 9.17) is 0 Å². The van der Waals surface area contributed by atoms with Crippen molar-refractivity contribution in [2.24, 2.45) is 0 Å². The van der Waals surface area contributed by atoms with Crippen molar-refractivity contribution in [2.45, 2.75) is 50.2 Å². The lowest BCUT2D eigenvalue weighted by Crippen LogP contribution is -2.33. The molecule has 1 N–H and O–H groups in total. The Morgan fingerprint density at radius 1 is 1.19 bits per heavy atom. The lowest BCUT2D eigenvalue weighted by atomic mass is 10.1. The van der Waals surface area contributed by atoms with Crippen molar-refractivity contribution in [2.75, 3.05) is 0 Å². The summed E-state index contributed by atoms with van der Waals surface area (Å²) in [7, 11) is -3.67. The highest BCUT2D eigenvalue weighted by Gasteiger charge is 2.33. The molecule has 144 valence electrons. The number of hydrogen-bond acceptors (Lipinski definition) is 3. The molecule has 0 spiro atoms. The molecule has 0 heterocycles. The van der Waals surface area contributed by atoms with Crippen molar-refractivity contribution in [3.05, 3.63) is 65.5 Å². The van der Waals surface area contributed by atoms with Gasteiger partial charge in [0.05, 0.1) is 4.90 Å². The zero-order chi connectivity index (χ0) is 19.6. The Labute approximate surface area is 159 Å². The minimum Gasteiger partial charge on any atom is -0.331 e. The van der Waals surface area contributed by atoms with Gasteiger partial charge in [-0.3, -0.25) is 4.79 Å². The first-order valence-corrected chi connectivity index (χ1v) is 10.4. The van der Waals surface area contributed by atoms with Crippen LogP contribution in [0.25, 0.3) is 0 Å². The summed E-state index contributed by atoms with van der Waals surface area (Å²) in [6.45, 7) is 3.85. The van der Waals surface area contributed by atoms with Gasteiger partial charge >= 0.3 is 0 Å². The van der Waals surface area contributed by atoms with Gasteiger partial charge in [-0.25, -0.2) is 17.5 Å². The van der Waals surface area contributed by atoms with Crippen LogP contribution in [0.1, 0.15) is 42.6 Å². The number of rotatable bonds is 7. The Morgan fingerprint density at radius 3 is 2.44 bits per heavy atom. The van der Waals surface area contributed by atoms with E-state index in [1.165, 1.54) is 24.3 Å². The van der Waals surface area contributed by atoms with Crippen molar-refractivity contribution in [3.8, 4) is 0 Å². The first kappa shape index (κ1) is 19.5. The number of nitrogens with one attached hydrogen (secondary N) is 1. The van der Waals surface area contributed by atoms with Gasteiger partial charge in [0.1, 0.15) is 5.82 Å². The summed E-state index contributed by atoms with van der Waals surface area (Å²) in [4.78, 5) is 14.8. The summed E-state index contributed by atoms with van der Waals surface area (Å²) < 4.78 is 40.4. The molecule has 1 saturated carbocycles. The van der Waals surface area contributed by atoms with Gasteiger partial charge in [-0.1, -0.05) is 18.2 Å². The molecule has 1 amide bonds. The first-order chi connectivity index (χ1) is 12.8.